The monoisotopic (exact) mass is 438 g/mol. The van der Waals surface area contributed by atoms with Gasteiger partial charge in [0.25, 0.3) is 0 Å². The minimum absolute atomic E-state index is 0.00393. The van der Waals surface area contributed by atoms with Crippen molar-refractivity contribution in [2.75, 3.05) is 38.1 Å². The summed E-state index contributed by atoms with van der Waals surface area (Å²) in [7, 11) is 2.68. The molecule has 1 aliphatic carbocycles. The second kappa shape index (κ2) is 10.4. The molecule has 0 aliphatic heterocycles. The fourth-order valence-electron chi connectivity index (χ4n) is 3.17. The van der Waals surface area contributed by atoms with E-state index in [4.69, 9.17) is 18.9 Å². The molecule has 0 saturated heterocycles. The van der Waals surface area contributed by atoms with Crippen LogP contribution in [0.15, 0.2) is 71.4 Å². The average Bonchev–Trinajstić information content (AvgIpc) is 2.80. The van der Waals surface area contributed by atoms with E-state index in [-0.39, 0.29) is 22.9 Å². The predicted octanol–water partition coefficient (Wildman–Crippen LogP) is 3.88. The van der Waals surface area contributed by atoms with Crippen molar-refractivity contribution in [2.24, 2.45) is 0 Å². The summed E-state index contributed by atoms with van der Waals surface area (Å²) in [6.07, 6.45) is 0. The Balaban J connectivity index is 1.88. The van der Waals surface area contributed by atoms with E-state index in [0.717, 1.165) is 0 Å². The Morgan fingerprint density at radius 2 is 0.969 bits per heavy atom. The van der Waals surface area contributed by atoms with Crippen molar-refractivity contribution in [3.05, 3.63) is 71.4 Å². The number of nitrogens with one attached hydrogen (secondary N) is 2. The first kappa shape index (κ1) is 22.7. The van der Waals surface area contributed by atoms with Gasteiger partial charge >= 0.3 is 0 Å². The number of ether oxygens (including phenoxy) is 4. The minimum Gasteiger partial charge on any atom is -0.494 e. The van der Waals surface area contributed by atoms with E-state index in [1.54, 1.807) is 48.5 Å². The van der Waals surface area contributed by atoms with E-state index < -0.39 is 11.6 Å². The third-order valence-corrected chi connectivity index (χ3v) is 4.60. The van der Waals surface area contributed by atoms with E-state index in [0.29, 0.717) is 36.1 Å². The van der Waals surface area contributed by atoms with Crippen molar-refractivity contribution in [3.63, 3.8) is 0 Å². The van der Waals surface area contributed by atoms with Gasteiger partial charge in [-0.1, -0.05) is 0 Å². The fraction of sp³-hybridized carbons (Fsp3) is 0.250. The van der Waals surface area contributed by atoms with E-state index >= 15 is 0 Å². The van der Waals surface area contributed by atoms with Gasteiger partial charge in [0.15, 0.2) is 11.5 Å². The van der Waals surface area contributed by atoms with Gasteiger partial charge in [-0.25, -0.2) is 0 Å². The van der Waals surface area contributed by atoms with Crippen LogP contribution >= 0.6 is 0 Å². The average molecular weight is 438 g/mol. The number of hydrogen-bond acceptors (Lipinski definition) is 8. The van der Waals surface area contributed by atoms with Crippen LogP contribution in [0.5, 0.6) is 11.5 Å². The van der Waals surface area contributed by atoms with E-state index in [1.165, 1.54) is 14.2 Å². The SMILES string of the molecule is CCOc1ccc(NC2=C(OC)C(=O)C(Nc3ccc(OCC)cc3)=C(OC)C2=O)cc1. The first-order valence-electron chi connectivity index (χ1n) is 10.2. The summed E-state index contributed by atoms with van der Waals surface area (Å²) < 4.78 is 21.5. The molecule has 0 fully saturated rings. The molecule has 2 aromatic carbocycles. The highest BCUT2D eigenvalue weighted by atomic mass is 16.5. The normalized spacial score (nSPS) is 13.8. The number of benzene rings is 2. The van der Waals surface area contributed by atoms with Gasteiger partial charge in [0.05, 0.1) is 27.4 Å². The summed E-state index contributed by atoms with van der Waals surface area (Å²) in [5, 5.41) is 5.94. The molecule has 0 heterocycles. The fourth-order valence-corrected chi connectivity index (χ4v) is 3.17. The lowest BCUT2D eigenvalue weighted by Gasteiger charge is -2.23. The third-order valence-electron chi connectivity index (χ3n) is 4.60. The zero-order valence-corrected chi connectivity index (χ0v) is 18.5. The van der Waals surface area contributed by atoms with Crippen LogP contribution in [-0.4, -0.2) is 39.0 Å². The van der Waals surface area contributed by atoms with Crippen LogP contribution < -0.4 is 20.1 Å². The van der Waals surface area contributed by atoms with Gasteiger partial charge in [0.2, 0.25) is 11.6 Å². The second-order valence-electron chi connectivity index (χ2n) is 6.64. The van der Waals surface area contributed by atoms with Crippen molar-refractivity contribution in [1.82, 2.24) is 0 Å². The van der Waals surface area contributed by atoms with Gasteiger partial charge in [-0.3, -0.25) is 9.59 Å². The van der Waals surface area contributed by atoms with E-state index in [9.17, 15) is 9.59 Å². The molecule has 1 aliphatic rings. The molecule has 0 aromatic heterocycles. The summed E-state index contributed by atoms with van der Waals surface area (Å²) in [5.41, 5.74) is 1.18. The van der Waals surface area contributed by atoms with Gasteiger partial charge in [-0.05, 0) is 62.4 Å². The number of Topliss-reactive ketones (excluding diaryl/α,β-unsaturated/α-hetero) is 2. The topological polar surface area (TPSA) is 95.1 Å². The van der Waals surface area contributed by atoms with Crippen molar-refractivity contribution >= 4 is 22.9 Å². The maximum absolute atomic E-state index is 13.2. The summed E-state index contributed by atoms with van der Waals surface area (Å²) in [6.45, 7) is 4.88. The molecule has 0 spiro atoms. The lowest BCUT2D eigenvalue weighted by atomic mass is 10.0. The highest BCUT2D eigenvalue weighted by Crippen LogP contribution is 2.29. The number of carbonyl (C=O) groups excluding carboxylic acids is 2. The number of hydrogen-bond donors (Lipinski definition) is 2. The van der Waals surface area contributed by atoms with Gasteiger partial charge < -0.3 is 29.6 Å². The first-order valence-corrected chi connectivity index (χ1v) is 10.2. The molecule has 3 rings (SSSR count). The van der Waals surface area contributed by atoms with Crippen LogP contribution in [0.25, 0.3) is 0 Å². The van der Waals surface area contributed by atoms with E-state index in [2.05, 4.69) is 10.6 Å². The molecule has 168 valence electrons. The Morgan fingerprint density at radius 3 is 1.25 bits per heavy atom. The van der Waals surface area contributed by atoms with Gasteiger partial charge in [0, 0.05) is 11.4 Å². The summed E-state index contributed by atoms with van der Waals surface area (Å²) in [6, 6.07) is 14.0. The zero-order chi connectivity index (χ0) is 23.1. The van der Waals surface area contributed by atoms with Crippen molar-refractivity contribution in [3.8, 4) is 11.5 Å². The Bertz CT molecular complexity index is 954. The van der Waals surface area contributed by atoms with Crippen LogP contribution in [-0.2, 0) is 19.1 Å². The molecule has 2 aromatic rings. The number of rotatable bonds is 10. The first-order chi connectivity index (χ1) is 15.5. The minimum atomic E-state index is -0.508. The lowest BCUT2D eigenvalue weighted by molar-refractivity contribution is -0.120. The summed E-state index contributed by atoms with van der Waals surface area (Å²) >= 11 is 0. The third kappa shape index (κ3) is 4.85. The highest BCUT2D eigenvalue weighted by Gasteiger charge is 2.37. The smallest absolute Gasteiger partial charge is 0.249 e. The zero-order valence-electron chi connectivity index (χ0n) is 18.5. The van der Waals surface area contributed by atoms with Crippen molar-refractivity contribution in [1.29, 1.82) is 0 Å². The molecule has 8 nitrogen and oxygen atoms in total. The number of methoxy groups -OCH3 is 2. The quantitative estimate of drug-likeness (QED) is 0.540. The molecule has 0 saturated carbocycles. The molecule has 32 heavy (non-hydrogen) atoms. The van der Waals surface area contributed by atoms with Crippen molar-refractivity contribution < 1.29 is 28.5 Å². The lowest BCUT2D eigenvalue weighted by Crippen LogP contribution is -2.32. The summed E-state index contributed by atoms with van der Waals surface area (Å²) in [5.74, 6) is 0.155. The van der Waals surface area contributed by atoms with Crippen LogP contribution in [0.1, 0.15) is 13.8 Å². The molecule has 0 atom stereocenters. The maximum atomic E-state index is 13.2. The maximum Gasteiger partial charge on any atom is 0.249 e. The molecule has 0 unspecified atom stereocenters. The van der Waals surface area contributed by atoms with Crippen LogP contribution in [0.3, 0.4) is 0 Å². The standard InChI is InChI=1S/C24H26N2O6/c1-5-31-17-11-7-15(8-12-17)25-19-21(27)24(30-4)20(22(28)23(19)29-3)26-16-9-13-18(14-10-16)32-6-2/h7-14,25-26H,5-6H2,1-4H3. The predicted molar refractivity (Wildman–Crippen MR) is 121 cm³/mol. The van der Waals surface area contributed by atoms with Crippen LogP contribution in [0.4, 0.5) is 11.4 Å². The van der Waals surface area contributed by atoms with E-state index in [1.807, 2.05) is 13.8 Å². The molecular formula is C24H26N2O6. The van der Waals surface area contributed by atoms with Crippen LogP contribution in [0, 0.1) is 0 Å². The molecule has 0 amide bonds. The molecule has 0 radical (unpaired) electrons. The van der Waals surface area contributed by atoms with Crippen molar-refractivity contribution in [2.45, 2.75) is 13.8 Å². The largest absolute Gasteiger partial charge is 0.494 e. The molecular weight excluding hydrogens is 412 g/mol. The Morgan fingerprint density at radius 1 is 0.625 bits per heavy atom. The summed E-state index contributed by atoms with van der Waals surface area (Å²) in [4.78, 5) is 26.3. The molecule has 2 N–H and O–H groups in total. The Hall–Kier alpha value is -3.94. The van der Waals surface area contributed by atoms with Crippen LogP contribution in [0.2, 0.25) is 0 Å². The second-order valence-corrected chi connectivity index (χ2v) is 6.64. The van der Waals surface area contributed by atoms with Gasteiger partial charge in [0.1, 0.15) is 22.9 Å². The molecule has 0 bridgehead atoms. The highest BCUT2D eigenvalue weighted by molar-refractivity contribution is 6.25. The Labute approximate surface area is 186 Å². The van der Waals surface area contributed by atoms with Gasteiger partial charge in [-0.2, -0.15) is 0 Å². The number of ketones is 2. The van der Waals surface area contributed by atoms with Gasteiger partial charge in [-0.15, -0.1) is 0 Å². The Kier molecular flexibility index (Phi) is 7.38. The molecule has 8 heteroatoms. The number of anilines is 2. The number of carbonyl (C=O) groups is 2.